The van der Waals surface area contributed by atoms with Crippen molar-refractivity contribution in [3.63, 3.8) is 0 Å². The van der Waals surface area contributed by atoms with E-state index < -0.39 is 0 Å². The molecule has 15 heavy (non-hydrogen) atoms. The van der Waals surface area contributed by atoms with Gasteiger partial charge in [-0.1, -0.05) is 39.0 Å². The summed E-state index contributed by atoms with van der Waals surface area (Å²) >= 11 is 0. The second-order valence-electron chi connectivity index (χ2n) is 3.67. The molecule has 1 aromatic heterocycles. The molecule has 1 heterocycles. The molecule has 0 aliphatic carbocycles. The molecule has 1 aromatic rings. The Morgan fingerprint density at radius 1 is 1.20 bits per heavy atom. The molecule has 0 saturated carbocycles. The summed E-state index contributed by atoms with van der Waals surface area (Å²) in [7, 11) is 0. The van der Waals surface area contributed by atoms with Gasteiger partial charge in [0.1, 0.15) is 5.82 Å². The van der Waals surface area contributed by atoms with Crippen LogP contribution in [0, 0.1) is 6.92 Å². The fourth-order valence-corrected chi connectivity index (χ4v) is 1.24. The minimum atomic E-state index is 0.367. The number of nitrogens with zero attached hydrogens (tertiary/aromatic N) is 1. The molecule has 2 N–H and O–H groups in total. The van der Waals surface area contributed by atoms with Gasteiger partial charge in [0, 0.05) is 19.0 Å². The van der Waals surface area contributed by atoms with E-state index in [9.17, 15) is 0 Å². The van der Waals surface area contributed by atoms with Gasteiger partial charge in [-0.15, -0.1) is 0 Å². The van der Waals surface area contributed by atoms with Gasteiger partial charge in [-0.2, -0.15) is 0 Å². The first-order valence-corrected chi connectivity index (χ1v) is 5.88. The number of aliphatic hydroxyl groups excluding tert-OH is 1. The SMILES string of the molecule is CCCCCCCCO.Cc1ncc[nH]1. The van der Waals surface area contributed by atoms with Crippen molar-refractivity contribution in [3.8, 4) is 0 Å². The van der Waals surface area contributed by atoms with Crippen molar-refractivity contribution in [2.75, 3.05) is 6.61 Å². The number of H-pyrrole nitrogens is 1. The summed E-state index contributed by atoms with van der Waals surface area (Å²) in [4.78, 5) is 6.75. The van der Waals surface area contributed by atoms with Gasteiger partial charge in [-0.25, -0.2) is 4.98 Å². The zero-order valence-electron chi connectivity index (χ0n) is 10.00. The number of aromatic amines is 1. The van der Waals surface area contributed by atoms with E-state index in [0.717, 1.165) is 12.2 Å². The Kier molecular flexibility index (Phi) is 10.6. The minimum Gasteiger partial charge on any atom is -0.396 e. The van der Waals surface area contributed by atoms with Crippen molar-refractivity contribution in [1.29, 1.82) is 0 Å². The maximum absolute atomic E-state index is 8.42. The highest BCUT2D eigenvalue weighted by Crippen LogP contribution is 2.03. The monoisotopic (exact) mass is 212 g/mol. The van der Waals surface area contributed by atoms with Gasteiger partial charge >= 0.3 is 0 Å². The summed E-state index contributed by atoms with van der Waals surface area (Å²) in [6.45, 7) is 4.50. The molecule has 3 nitrogen and oxygen atoms in total. The lowest BCUT2D eigenvalue weighted by molar-refractivity contribution is 0.282. The molecular weight excluding hydrogens is 188 g/mol. The molecule has 0 unspecified atom stereocenters. The smallest absolute Gasteiger partial charge is 0.102 e. The van der Waals surface area contributed by atoms with E-state index in [1.807, 2.05) is 6.92 Å². The van der Waals surface area contributed by atoms with Crippen molar-refractivity contribution >= 4 is 0 Å². The first-order valence-electron chi connectivity index (χ1n) is 5.88. The second-order valence-corrected chi connectivity index (χ2v) is 3.67. The molecule has 0 saturated heterocycles. The fourth-order valence-electron chi connectivity index (χ4n) is 1.24. The predicted octanol–water partition coefficient (Wildman–Crippen LogP) is 3.06. The summed E-state index contributed by atoms with van der Waals surface area (Å²) in [5.74, 6) is 0.968. The van der Waals surface area contributed by atoms with E-state index in [2.05, 4.69) is 16.9 Å². The molecule has 0 aliphatic heterocycles. The van der Waals surface area contributed by atoms with Crippen LogP contribution in [0.1, 0.15) is 51.3 Å². The molecule has 88 valence electrons. The molecule has 1 rings (SSSR count). The third-order valence-electron chi connectivity index (χ3n) is 2.15. The lowest BCUT2D eigenvalue weighted by atomic mass is 10.1. The fraction of sp³-hybridized carbons (Fsp3) is 0.750. The van der Waals surface area contributed by atoms with Gasteiger partial charge in [-0.3, -0.25) is 0 Å². The minimum absolute atomic E-state index is 0.367. The zero-order chi connectivity index (χ0) is 11.4. The second kappa shape index (κ2) is 11.2. The summed E-state index contributed by atoms with van der Waals surface area (Å²) in [6.07, 6.45) is 11.0. The van der Waals surface area contributed by atoms with Crippen LogP contribution in [0.3, 0.4) is 0 Å². The molecule has 0 spiro atoms. The lowest BCUT2D eigenvalue weighted by Crippen LogP contribution is -1.82. The summed E-state index contributed by atoms with van der Waals surface area (Å²) in [5, 5.41) is 8.42. The van der Waals surface area contributed by atoms with Crippen LogP contribution in [0.4, 0.5) is 0 Å². The van der Waals surface area contributed by atoms with Crippen LogP contribution in [0.15, 0.2) is 12.4 Å². The lowest BCUT2D eigenvalue weighted by Gasteiger charge is -1.95. The summed E-state index contributed by atoms with van der Waals surface area (Å²) in [5.41, 5.74) is 0. The Balaban J connectivity index is 0.000000280. The maximum atomic E-state index is 8.42. The highest BCUT2D eigenvalue weighted by atomic mass is 16.2. The Hall–Kier alpha value is -0.830. The van der Waals surface area contributed by atoms with E-state index in [4.69, 9.17) is 5.11 Å². The predicted molar refractivity (Wildman–Crippen MR) is 63.8 cm³/mol. The van der Waals surface area contributed by atoms with E-state index in [-0.39, 0.29) is 0 Å². The van der Waals surface area contributed by atoms with Crippen molar-refractivity contribution in [3.05, 3.63) is 18.2 Å². The first-order chi connectivity index (χ1) is 7.31. The molecule has 3 heteroatoms. The molecule has 0 fully saturated rings. The number of aryl methyl sites for hydroxylation is 1. The standard InChI is InChI=1S/C8H18O.C4H6N2/c1-2-3-4-5-6-7-8-9;1-4-5-2-3-6-4/h9H,2-8H2,1H3;2-3H,1H3,(H,5,6). The number of imidazole rings is 1. The Morgan fingerprint density at radius 2 is 1.87 bits per heavy atom. The first kappa shape index (κ1) is 14.2. The van der Waals surface area contributed by atoms with Crippen molar-refractivity contribution in [2.45, 2.75) is 52.4 Å². The molecule has 0 amide bonds. The van der Waals surface area contributed by atoms with Crippen LogP contribution < -0.4 is 0 Å². The van der Waals surface area contributed by atoms with Gasteiger partial charge in [0.05, 0.1) is 0 Å². The van der Waals surface area contributed by atoms with Crippen LogP contribution in [-0.4, -0.2) is 21.7 Å². The van der Waals surface area contributed by atoms with Crippen LogP contribution in [-0.2, 0) is 0 Å². The molecule has 0 radical (unpaired) electrons. The number of aromatic nitrogens is 2. The van der Waals surface area contributed by atoms with Crippen LogP contribution in [0.5, 0.6) is 0 Å². The van der Waals surface area contributed by atoms with E-state index in [0.29, 0.717) is 6.61 Å². The van der Waals surface area contributed by atoms with Crippen LogP contribution in [0.2, 0.25) is 0 Å². The number of unbranched alkanes of at least 4 members (excludes halogenated alkanes) is 5. The van der Waals surface area contributed by atoms with Gasteiger partial charge in [0.25, 0.3) is 0 Å². The number of rotatable bonds is 6. The third-order valence-corrected chi connectivity index (χ3v) is 2.15. The Labute approximate surface area is 92.9 Å². The van der Waals surface area contributed by atoms with Crippen molar-refractivity contribution < 1.29 is 5.11 Å². The largest absolute Gasteiger partial charge is 0.396 e. The third kappa shape index (κ3) is 11.1. The number of aliphatic hydroxyl groups is 1. The molecule has 0 bridgehead atoms. The molecule has 0 aromatic carbocycles. The summed E-state index contributed by atoms with van der Waals surface area (Å²) in [6, 6.07) is 0. The normalized spacial score (nSPS) is 9.53. The van der Waals surface area contributed by atoms with E-state index >= 15 is 0 Å². The average Bonchev–Trinajstić information content (AvgIpc) is 2.70. The average molecular weight is 212 g/mol. The number of hydrogen-bond donors (Lipinski definition) is 2. The van der Waals surface area contributed by atoms with Crippen LogP contribution >= 0.6 is 0 Å². The van der Waals surface area contributed by atoms with Crippen LogP contribution in [0.25, 0.3) is 0 Å². The van der Waals surface area contributed by atoms with Gasteiger partial charge in [-0.05, 0) is 13.3 Å². The molecule has 0 atom stereocenters. The summed E-state index contributed by atoms with van der Waals surface area (Å²) < 4.78 is 0. The topological polar surface area (TPSA) is 48.9 Å². The van der Waals surface area contributed by atoms with Crippen molar-refractivity contribution in [2.24, 2.45) is 0 Å². The number of nitrogens with one attached hydrogen (secondary N) is 1. The molecular formula is C12H24N2O. The van der Waals surface area contributed by atoms with E-state index in [1.165, 1.54) is 32.1 Å². The van der Waals surface area contributed by atoms with Gasteiger partial charge in [0.2, 0.25) is 0 Å². The van der Waals surface area contributed by atoms with Gasteiger partial charge < -0.3 is 10.1 Å². The molecule has 0 aliphatic rings. The Bertz CT molecular complexity index is 191. The quantitative estimate of drug-likeness (QED) is 0.712. The van der Waals surface area contributed by atoms with Crippen molar-refractivity contribution in [1.82, 2.24) is 9.97 Å². The van der Waals surface area contributed by atoms with Gasteiger partial charge in [0.15, 0.2) is 0 Å². The highest BCUT2D eigenvalue weighted by Gasteiger charge is 1.86. The highest BCUT2D eigenvalue weighted by molar-refractivity contribution is 4.80. The van der Waals surface area contributed by atoms with E-state index in [1.54, 1.807) is 12.4 Å². The Morgan fingerprint density at radius 3 is 2.27 bits per heavy atom. The maximum Gasteiger partial charge on any atom is 0.102 e. The number of hydrogen-bond acceptors (Lipinski definition) is 2. The zero-order valence-corrected chi connectivity index (χ0v) is 10.00.